The largest absolute Gasteiger partial charge is 0.349 e. The van der Waals surface area contributed by atoms with Gasteiger partial charge in [-0.1, -0.05) is 6.42 Å². The van der Waals surface area contributed by atoms with Gasteiger partial charge in [-0.25, -0.2) is 0 Å². The summed E-state index contributed by atoms with van der Waals surface area (Å²) in [6.45, 7) is 0.431. The SMILES string of the molecule is CN(C)c1n[nH]c(CNC(=O)CC2CC3CCC2C3)n1. The second kappa shape index (κ2) is 5.42. The smallest absolute Gasteiger partial charge is 0.244 e. The van der Waals surface area contributed by atoms with Crippen molar-refractivity contribution in [2.75, 3.05) is 19.0 Å². The van der Waals surface area contributed by atoms with Crippen molar-refractivity contribution >= 4 is 11.9 Å². The van der Waals surface area contributed by atoms with E-state index in [0.29, 0.717) is 30.7 Å². The second-order valence-electron chi connectivity index (χ2n) is 6.39. The normalized spacial score (nSPS) is 27.8. The summed E-state index contributed by atoms with van der Waals surface area (Å²) < 4.78 is 0. The Labute approximate surface area is 119 Å². The van der Waals surface area contributed by atoms with Gasteiger partial charge in [0.05, 0.1) is 6.54 Å². The number of rotatable bonds is 5. The highest BCUT2D eigenvalue weighted by molar-refractivity contribution is 5.76. The molecule has 3 unspecified atom stereocenters. The van der Waals surface area contributed by atoms with Gasteiger partial charge in [-0.2, -0.15) is 4.98 Å². The fourth-order valence-corrected chi connectivity index (χ4v) is 3.68. The molecule has 0 aliphatic heterocycles. The van der Waals surface area contributed by atoms with Gasteiger partial charge >= 0.3 is 0 Å². The van der Waals surface area contributed by atoms with Crippen LogP contribution in [-0.2, 0) is 11.3 Å². The molecule has 2 N–H and O–H groups in total. The van der Waals surface area contributed by atoms with E-state index in [9.17, 15) is 4.79 Å². The first-order chi connectivity index (χ1) is 9.61. The topological polar surface area (TPSA) is 73.9 Å². The highest BCUT2D eigenvalue weighted by Gasteiger charge is 2.39. The van der Waals surface area contributed by atoms with E-state index >= 15 is 0 Å². The standard InChI is InChI=1S/C14H23N5O/c1-19(2)14-16-12(17-18-14)8-15-13(20)7-11-6-9-3-4-10(11)5-9/h9-11H,3-8H2,1-2H3,(H,15,20)(H,16,17,18). The van der Waals surface area contributed by atoms with Crippen molar-refractivity contribution in [3.05, 3.63) is 5.82 Å². The van der Waals surface area contributed by atoms with Crippen molar-refractivity contribution < 1.29 is 4.79 Å². The number of amides is 1. The van der Waals surface area contributed by atoms with Crippen molar-refractivity contribution in [1.29, 1.82) is 0 Å². The van der Waals surface area contributed by atoms with Crippen LogP contribution in [0.2, 0.25) is 0 Å². The number of hydrogen-bond donors (Lipinski definition) is 2. The lowest BCUT2D eigenvalue weighted by Crippen LogP contribution is -2.27. The molecule has 0 spiro atoms. The maximum atomic E-state index is 12.0. The zero-order chi connectivity index (χ0) is 14.1. The number of anilines is 1. The minimum atomic E-state index is 0.144. The maximum Gasteiger partial charge on any atom is 0.244 e. The van der Waals surface area contributed by atoms with Crippen LogP contribution in [0.3, 0.4) is 0 Å². The van der Waals surface area contributed by atoms with Gasteiger partial charge in [0.25, 0.3) is 0 Å². The summed E-state index contributed by atoms with van der Waals surface area (Å²) >= 11 is 0. The van der Waals surface area contributed by atoms with Gasteiger partial charge in [0, 0.05) is 20.5 Å². The summed E-state index contributed by atoms with van der Waals surface area (Å²) in [4.78, 5) is 18.1. The van der Waals surface area contributed by atoms with Crippen LogP contribution in [0.25, 0.3) is 0 Å². The number of aromatic nitrogens is 3. The third-order valence-corrected chi connectivity index (χ3v) is 4.71. The van der Waals surface area contributed by atoms with Crippen LogP contribution in [0.1, 0.15) is 37.9 Å². The van der Waals surface area contributed by atoms with Gasteiger partial charge in [0.15, 0.2) is 0 Å². The molecule has 2 fully saturated rings. The lowest BCUT2D eigenvalue weighted by atomic mass is 9.86. The Bertz CT molecular complexity index is 484. The van der Waals surface area contributed by atoms with Crippen LogP contribution in [0, 0.1) is 17.8 Å². The van der Waals surface area contributed by atoms with Gasteiger partial charge in [-0.3, -0.25) is 9.89 Å². The summed E-state index contributed by atoms with van der Waals surface area (Å²) in [7, 11) is 3.78. The average molecular weight is 277 g/mol. The van der Waals surface area contributed by atoms with E-state index in [1.807, 2.05) is 19.0 Å². The van der Waals surface area contributed by atoms with Gasteiger partial charge in [-0.05, 0) is 37.0 Å². The van der Waals surface area contributed by atoms with Gasteiger partial charge in [-0.15, -0.1) is 5.10 Å². The fraction of sp³-hybridized carbons (Fsp3) is 0.786. The quantitative estimate of drug-likeness (QED) is 0.851. The number of nitrogens with zero attached hydrogens (tertiary/aromatic N) is 3. The zero-order valence-electron chi connectivity index (χ0n) is 12.2. The number of aromatic amines is 1. The van der Waals surface area contributed by atoms with Crippen LogP contribution in [-0.4, -0.2) is 35.2 Å². The lowest BCUT2D eigenvalue weighted by molar-refractivity contribution is -0.122. The Morgan fingerprint density at radius 2 is 2.25 bits per heavy atom. The number of hydrogen-bond acceptors (Lipinski definition) is 4. The molecule has 3 rings (SSSR count). The van der Waals surface area contributed by atoms with E-state index in [1.165, 1.54) is 25.7 Å². The van der Waals surface area contributed by atoms with E-state index in [-0.39, 0.29) is 5.91 Å². The van der Waals surface area contributed by atoms with E-state index in [1.54, 1.807) is 0 Å². The monoisotopic (exact) mass is 277 g/mol. The first-order valence-electron chi connectivity index (χ1n) is 7.47. The zero-order valence-corrected chi connectivity index (χ0v) is 12.2. The Kier molecular flexibility index (Phi) is 3.63. The molecule has 20 heavy (non-hydrogen) atoms. The summed E-state index contributed by atoms with van der Waals surface area (Å²) in [5.41, 5.74) is 0. The van der Waals surface area contributed by atoms with Crippen molar-refractivity contribution in [3.63, 3.8) is 0 Å². The molecule has 0 radical (unpaired) electrons. The van der Waals surface area contributed by atoms with E-state index in [4.69, 9.17) is 0 Å². The van der Waals surface area contributed by atoms with Crippen LogP contribution in [0.15, 0.2) is 0 Å². The Hall–Kier alpha value is -1.59. The Morgan fingerprint density at radius 1 is 1.40 bits per heavy atom. The molecule has 6 heteroatoms. The third-order valence-electron chi connectivity index (χ3n) is 4.71. The van der Waals surface area contributed by atoms with Crippen molar-refractivity contribution in [1.82, 2.24) is 20.5 Å². The summed E-state index contributed by atoms with van der Waals surface area (Å²) in [5, 5.41) is 9.86. The number of carbonyl (C=O) groups is 1. The van der Waals surface area contributed by atoms with Crippen LogP contribution in [0.4, 0.5) is 5.95 Å². The first-order valence-corrected chi connectivity index (χ1v) is 7.47. The molecule has 2 saturated carbocycles. The van der Waals surface area contributed by atoms with E-state index < -0.39 is 0 Å². The summed E-state index contributed by atoms with van der Waals surface area (Å²) in [5.74, 6) is 3.80. The van der Waals surface area contributed by atoms with Crippen LogP contribution < -0.4 is 10.2 Å². The molecule has 1 aromatic heterocycles. The van der Waals surface area contributed by atoms with Gasteiger partial charge < -0.3 is 10.2 Å². The molecule has 1 aromatic rings. The molecule has 110 valence electrons. The predicted octanol–water partition coefficient (Wildman–Crippen LogP) is 1.31. The Balaban J connectivity index is 1.44. The van der Waals surface area contributed by atoms with Crippen LogP contribution in [0.5, 0.6) is 0 Å². The maximum absolute atomic E-state index is 12.0. The average Bonchev–Trinajstić information content (AvgIpc) is 3.12. The minimum absolute atomic E-state index is 0.144. The van der Waals surface area contributed by atoms with Gasteiger partial charge in [0.2, 0.25) is 11.9 Å². The molecule has 3 atom stereocenters. The molecule has 2 bridgehead atoms. The molecule has 6 nitrogen and oxygen atoms in total. The highest BCUT2D eigenvalue weighted by atomic mass is 16.1. The summed E-state index contributed by atoms with van der Waals surface area (Å²) in [6, 6.07) is 0. The summed E-state index contributed by atoms with van der Waals surface area (Å²) in [6.07, 6.45) is 6.00. The van der Waals surface area contributed by atoms with E-state index in [2.05, 4.69) is 20.5 Å². The van der Waals surface area contributed by atoms with Gasteiger partial charge in [0.1, 0.15) is 5.82 Å². The number of H-pyrrole nitrogens is 1. The molecule has 0 aromatic carbocycles. The molecule has 0 saturated heterocycles. The number of fused-ring (bicyclic) bond motifs is 2. The molecular weight excluding hydrogens is 254 g/mol. The molecule has 1 heterocycles. The number of nitrogens with one attached hydrogen (secondary N) is 2. The molecule has 2 aliphatic carbocycles. The second-order valence-corrected chi connectivity index (χ2v) is 6.39. The number of carbonyl (C=O) groups excluding carboxylic acids is 1. The van der Waals surface area contributed by atoms with Crippen molar-refractivity contribution in [2.45, 2.75) is 38.6 Å². The van der Waals surface area contributed by atoms with Crippen LogP contribution >= 0.6 is 0 Å². The lowest BCUT2D eigenvalue weighted by Gasteiger charge is -2.20. The molecule has 2 aliphatic rings. The predicted molar refractivity (Wildman–Crippen MR) is 76.1 cm³/mol. The van der Waals surface area contributed by atoms with E-state index in [0.717, 1.165) is 11.8 Å². The third kappa shape index (κ3) is 2.78. The fourth-order valence-electron chi connectivity index (χ4n) is 3.68. The molecule has 1 amide bonds. The minimum Gasteiger partial charge on any atom is -0.349 e. The first kappa shape index (κ1) is 13.4. The van der Waals surface area contributed by atoms with Crippen molar-refractivity contribution in [2.24, 2.45) is 17.8 Å². The molecular formula is C14H23N5O. The van der Waals surface area contributed by atoms with Crippen molar-refractivity contribution in [3.8, 4) is 0 Å². The Morgan fingerprint density at radius 3 is 2.85 bits per heavy atom. The highest BCUT2D eigenvalue weighted by Crippen LogP contribution is 2.49.